The summed E-state index contributed by atoms with van der Waals surface area (Å²) in [5.41, 5.74) is 4.58. The van der Waals surface area contributed by atoms with Crippen molar-refractivity contribution in [2.45, 2.75) is 44.7 Å². The van der Waals surface area contributed by atoms with Gasteiger partial charge in [0.1, 0.15) is 0 Å². The Morgan fingerprint density at radius 1 is 1.00 bits per heavy atom. The Hall–Kier alpha value is -3.18. The van der Waals surface area contributed by atoms with Crippen LogP contribution in [0.1, 0.15) is 41.9 Å². The molecule has 2 heterocycles. The van der Waals surface area contributed by atoms with E-state index in [-0.39, 0.29) is 24.3 Å². The fourth-order valence-electron chi connectivity index (χ4n) is 5.57. The minimum Gasteiger partial charge on any atom is -0.469 e. The molecule has 2 aliphatic heterocycles. The van der Waals surface area contributed by atoms with Crippen molar-refractivity contribution in [3.8, 4) is 0 Å². The highest BCUT2D eigenvalue weighted by molar-refractivity contribution is 6.07. The van der Waals surface area contributed by atoms with Crippen LogP contribution < -0.4 is 4.90 Å². The Labute approximate surface area is 194 Å². The summed E-state index contributed by atoms with van der Waals surface area (Å²) < 4.78 is 4.85. The highest BCUT2D eigenvalue weighted by Crippen LogP contribution is 2.42. The molecule has 1 saturated heterocycles. The molecule has 33 heavy (non-hydrogen) atoms. The molecule has 1 amide bonds. The fraction of sp³-hybridized carbons (Fsp3) is 0.357. The van der Waals surface area contributed by atoms with E-state index in [1.807, 2.05) is 29.2 Å². The minimum absolute atomic E-state index is 0.0322. The lowest BCUT2D eigenvalue weighted by atomic mass is 9.97. The molecule has 1 atom stereocenters. The van der Waals surface area contributed by atoms with Gasteiger partial charge in [-0.3, -0.25) is 14.5 Å². The van der Waals surface area contributed by atoms with Crippen molar-refractivity contribution in [2.24, 2.45) is 0 Å². The van der Waals surface area contributed by atoms with Crippen LogP contribution in [0.2, 0.25) is 0 Å². The van der Waals surface area contributed by atoms with Gasteiger partial charge in [0.2, 0.25) is 5.91 Å². The molecule has 1 fully saturated rings. The number of para-hydroxylation sites is 1. The first-order valence-electron chi connectivity index (χ1n) is 11.7. The number of fused-ring (bicyclic) bond motifs is 2. The number of ether oxygens (including phenoxy) is 1. The van der Waals surface area contributed by atoms with Gasteiger partial charge >= 0.3 is 5.97 Å². The molecule has 5 nitrogen and oxygen atoms in total. The minimum atomic E-state index is -0.440. The van der Waals surface area contributed by atoms with Crippen LogP contribution in [-0.2, 0) is 20.9 Å². The molecule has 3 aromatic carbocycles. The molecule has 2 aliphatic rings. The number of amides is 1. The fourth-order valence-corrected chi connectivity index (χ4v) is 5.57. The first kappa shape index (κ1) is 21.7. The van der Waals surface area contributed by atoms with Crippen LogP contribution in [0, 0.1) is 6.92 Å². The first-order valence-corrected chi connectivity index (χ1v) is 11.7. The summed E-state index contributed by atoms with van der Waals surface area (Å²) in [6.07, 6.45) is 1.95. The number of anilines is 1. The lowest BCUT2D eigenvalue weighted by Crippen LogP contribution is -2.46. The number of hydrogen-bond donors (Lipinski definition) is 0. The largest absolute Gasteiger partial charge is 0.469 e. The van der Waals surface area contributed by atoms with Gasteiger partial charge in [-0.1, -0.05) is 54.6 Å². The quantitative estimate of drug-likeness (QED) is 0.533. The lowest BCUT2D eigenvalue weighted by Gasteiger charge is -2.37. The SMILES string of the molecule is COC(=O)CC1C(=O)N(C2CCN(Cc3cccc4cccc(C)c34)CC2)c2ccccc21. The number of nitrogens with zero attached hydrogens (tertiary/aromatic N) is 2. The third kappa shape index (κ3) is 4.02. The summed E-state index contributed by atoms with van der Waals surface area (Å²) in [5.74, 6) is -0.750. The van der Waals surface area contributed by atoms with E-state index in [9.17, 15) is 9.59 Å². The standard InChI is InChI=1S/C28H30N2O3/c1-19-7-5-8-20-9-6-10-21(27(19)20)18-29-15-13-22(14-16-29)30-25-12-4-3-11-23(25)24(28(30)32)17-26(31)33-2/h3-12,22,24H,13-18H2,1-2H3. The number of esters is 1. The van der Waals surface area contributed by atoms with Gasteiger partial charge in [-0.15, -0.1) is 0 Å². The predicted octanol–water partition coefficient (Wildman–Crippen LogP) is 4.81. The molecule has 0 aromatic heterocycles. The summed E-state index contributed by atoms with van der Waals surface area (Å²) in [6.45, 7) is 4.99. The number of likely N-dealkylation sites (tertiary alicyclic amines) is 1. The molecule has 0 bridgehead atoms. The van der Waals surface area contributed by atoms with Gasteiger partial charge in [0.15, 0.2) is 0 Å². The number of aryl methyl sites for hydroxylation is 1. The van der Waals surface area contributed by atoms with Gasteiger partial charge in [0.05, 0.1) is 19.4 Å². The van der Waals surface area contributed by atoms with E-state index in [2.05, 4.69) is 48.2 Å². The number of rotatable bonds is 5. The summed E-state index contributed by atoms with van der Waals surface area (Å²) in [5, 5.41) is 2.65. The Kier molecular flexibility index (Phi) is 5.90. The number of benzene rings is 3. The topological polar surface area (TPSA) is 49.9 Å². The van der Waals surface area contributed by atoms with Crippen LogP contribution in [0.25, 0.3) is 10.8 Å². The second-order valence-corrected chi connectivity index (χ2v) is 9.20. The predicted molar refractivity (Wildman–Crippen MR) is 130 cm³/mol. The lowest BCUT2D eigenvalue weighted by molar-refractivity contribution is -0.142. The molecule has 1 unspecified atom stereocenters. The zero-order chi connectivity index (χ0) is 22.9. The maximum absolute atomic E-state index is 13.4. The van der Waals surface area contributed by atoms with Crippen molar-refractivity contribution in [1.82, 2.24) is 4.90 Å². The summed E-state index contributed by atoms with van der Waals surface area (Å²) in [4.78, 5) is 29.8. The number of methoxy groups -OCH3 is 1. The van der Waals surface area contributed by atoms with Crippen LogP contribution in [0.4, 0.5) is 5.69 Å². The van der Waals surface area contributed by atoms with E-state index in [4.69, 9.17) is 4.74 Å². The third-order valence-corrected chi connectivity index (χ3v) is 7.22. The molecule has 3 aromatic rings. The highest BCUT2D eigenvalue weighted by atomic mass is 16.5. The molecule has 5 rings (SSSR count). The highest BCUT2D eigenvalue weighted by Gasteiger charge is 2.42. The Balaban J connectivity index is 1.31. The maximum atomic E-state index is 13.4. The van der Waals surface area contributed by atoms with E-state index in [0.717, 1.165) is 43.7 Å². The van der Waals surface area contributed by atoms with Crippen LogP contribution in [0.15, 0.2) is 60.7 Å². The molecule has 0 N–H and O–H groups in total. The van der Waals surface area contributed by atoms with E-state index in [0.29, 0.717) is 0 Å². The average molecular weight is 443 g/mol. The monoisotopic (exact) mass is 442 g/mol. The number of carbonyl (C=O) groups is 2. The third-order valence-electron chi connectivity index (χ3n) is 7.22. The Bertz CT molecular complexity index is 1190. The zero-order valence-corrected chi connectivity index (χ0v) is 19.3. The van der Waals surface area contributed by atoms with Gasteiger partial charge in [-0.25, -0.2) is 0 Å². The average Bonchev–Trinajstić information content (AvgIpc) is 3.11. The molecule has 0 spiro atoms. The van der Waals surface area contributed by atoms with Gasteiger partial charge in [-0.05, 0) is 53.3 Å². The number of hydrogen-bond acceptors (Lipinski definition) is 4. The second-order valence-electron chi connectivity index (χ2n) is 9.20. The van der Waals surface area contributed by atoms with E-state index in [1.54, 1.807) is 0 Å². The zero-order valence-electron chi connectivity index (χ0n) is 19.3. The van der Waals surface area contributed by atoms with Crippen molar-refractivity contribution in [3.63, 3.8) is 0 Å². The Morgan fingerprint density at radius 3 is 2.48 bits per heavy atom. The molecular weight excluding hydrogens is 412 g/mol. The Morgan fingerprint density at radius 2 is 1.73 bits per heavy atom. The molecular formula is C28H30N2O3. The molecule has 170 valence electrons. The van der Waals surface area contributed by atoms with E-state index in [1.165, 1.54) is 29.0 Å². The maximum Gasteiger partial charge on any atom is 0.306 e. The van der Waals surface area contributed by atoms with Crippen molar-refractivity contribution in [3.05, 3.63) is 77.4 Å². The second kappa shape index (κ2) is 8.99. The summed E-state index contributed by atoms with van der Waals surface area (Å²) in [7, 11) is 1.37. The van der Waals surface area contributed by atoms with Crippen molar-refractivity contribution >= 4 is 28.3 Å². The van der Waals surface area contributed by atoms with Crippen LogP contribution in [-0.4, -0.2) is 43.0 Å². The first-order chi connectivity index (χ1) is 16.1. The molecule has 0 saturated carbocycles. The van der Waals surface area contributed by atoms with Crippen molar-refractivity contribution < 1.29 is 14.3 Å². The van der Waals surface area contributed by atoms with Gasteiger partial charge in [0.25, 0.3) is 0 Å². The normalized spacial score (nSPS) is 19.2. The molecule has 0 radical (unpaired) electrons. The number of piperidine rings is 1. The van der Waals surface area contributed by atoms with Gasteiger partial charge in [0, 0.05) is 31.4 Å². The smallest absolute Gasteiger partial charge is 0.306 e. The molecule has 0 aliphatic carbocycles. The van der Waals surface area contributed by atoms with Crippen molar-refractivity contribution in [2.75, 3.05) is 25.1 Å². The van der Waals surface area contributed by atoms with Crippen molar-refractivity contribution in [1.29, 1.82) is 0 Å². The molecule has 5 heteroatoms. The van der Waals surface area contributed by atoms with Crippen LogP contribution in [0.3, 0.4) is 0 Å². The van der Waals surface area contributed by atoms with Crippen LogP contribution >= 0.6 is 0 Å². The van der Waals surface area contributed by atoms with E-state index < -0.39 is 5.92 Å². The van der Waals surface area contributed by atoms with Crippen LogP contribution in [0.5, 0.6) is 0 Å². The number of carbonyl (C=O) groups excluding carboxylic acids is 2. The van der Waals surface area contributed by atoms with Gasteiger partial charge < -0.3 is 9.64 Å². The summed E-state index contributed by atoms with van der Waals surface area (Å²) >= 11 is 0. The summed E-state index contributed by atoms with van der Waals surface area (Å²) in [6, 6.07) is 21.1. The van der Waals surface area contributed by atoms with E-state index >= 15 is 0 Å². The van der Waals surface area contributed by atoms with Gasteiger partial charge in [-0.2, -0.15) is 0 Å².